The minimum Gasteiger partial charge on any atom is -0.491 e. The number of benzene rings is 4. The molecule has 5 heterocycles. The molecule has 438 valence electrons. The topological polar surface area (TPSA) is 202 Å². The zero-order valence-electron chi connectivity index (χ0n) is 47.9. The number of ether oxygens (including phenoxy) is 12. The lowest BCUT2D eigenvalue weighted by molar-refractivity contribution is -0.166. The maximum atomic E-state index is 13.0. The first-order valence-electron chi connectivity index (χ1n) is 27.9. The van der Waals surface area contributed by atoms with Gasteiger partial charge in [-0.05, 0) is 133 Å². The van der Waals surface area contributed by atoms with Crippen LogP contribution in [-0.4, -0.2) is 152 Å². The molecule has 0 saturated carbocycles. The molecular weight excluding hydrogens is 1070 g/mol. The Morgan fingerprint density at radius 3 is 1.01 bits per heavy atom. The Balaban J connectivity index is 1.22. The van der Waals surface area contributed by atoms with Gasteiger partial charge in [-0.15, -0.1) is 0 Å². The number of nitrogens with one attached hydrogen (secondary N) is 2. The summed E-state index contributed by atoms with van der Waals surface area (Å²) in [6, 6.07) is 39.3. The summed E-state index contributed by atoms with van der Waals surface area (Å²) in [6.07, 6.45) is 6.36. The van der Waals surface area contributed by atoms with Crippen molar-refractivity contribution in [2.75, 3.05) is 114 Å². The van der Waals surface area contributed by atoms with Crippen LogP contribution in [0.2, 0.25) is 0 Å². The maximum Gasteiger partial charge on any atom is 0.359 e. The number of hydrogen-bond donors (Lipinski definition) is 2. The number of aromatic amines is 2. The van der Waals surface area contributed by atoms with Crippen LogP contribution in [0.1, 0.15) is 36.6 Å². The number of carbonyl (C=O) groups excluding carboxylic acids is 2. The van der Waals surface area contributed by atoms with Gasteiger partial charge in [-0.3, -0.25) is 0 Å². The van der Waals surface area contributed by atoms with E-state index in [1.165, 1.54) is 0 Å². The van der Waals surface area contributed by atoms with Crippen molar-refractivity contribution in [3.8, 4) is 67.5 Å². The quantitative estimate of drug-likeness (QED) is 0.0236. The van der Waals surface area contributed by atoms with E-state index < -0.39 is 18.0 Å². The Labute approximate surface area is 488 Å². The van der Waals surface area contributed by atoms with Gasteiger partial charge in [0.15, 0.2) is 0 Å². The van der Waals surface area contributed by atoms with Crippen molar-refractivity contribution in [2.45, 2.75) is 20.0 Å². The Morgan fingerprint density at radius 2 is 0.667 bits per heavy atom. The van der Waals surface area contributed by atoms with Crippen molar-refractivity contribution >= 4 is 58.3 Å². The van der Waals surface area contributed by atoms with Crippen molar-refractivity contribution < 1.29 is 66.4 Å². The van der Waals surface area contributed by atoms with E-state index >= 15 is 0 Å². The second-order valence-corrected chi connectivity index (χ2v) is 19.0. The number of esters is 2. The van der Waals surface area contributed by atoms with E-state index in [0.717, 1.165) is 61.0 Å². The minimum absolute atomic E-state index is 0.0578. The second kappa shape index (κ2) is 30.6. The standard InChI is InChI=1S/C66H70N4O14/c1-6-79-65(71)64(66(72)80-7-2)84-51-22-14-47(15-23-51)63-58-30-28-56(69-58)61(45-10-18-49(19-11-45)82-42-39-77-36-33-74-4)54-26-24-52(67-54)60(44-8-16-48(17-9-44)81-41-38-76-35-32-73-3)53-25-27-55(68-53)62(57-29-31-59(63)70-57)46-12-20-50(21-13-46)83-43-40-78-37-34-75-5/h8-31,64,67-68H,6-7,32-43H2,1-5H3. The van der Waals surface area contributed by atoms with Gasteiger partial charge >= 0.3 is 11.9 Å². The first-order chi connectivity index (χ1) is 41.3. The third kappa shape index (κ3) is 15.5. The van der Waals surface area contributed by atoms with Gasteiger partial charge in [0.25, 0.3) is 6.10 Å². The van der Waals surface area contributed by atoms with E-state index in [-0.39, 0.29) is 19.0 Å². The second-order valence-electron chi connectivity index (χ2n) is 19.0. The summed E-state index contributed by atoms with van der Waals surface area (Å²) in [5.41, 5.74) is 12.7. The predicted molar refractivity (Wildman–Crippen MR) is 323 cm³/mol. The molecule has 3 aromatic heterocycles. The summed E-state index contributed by atoms with van der Waals surface area (Å²) >= 11 is 0. The van der Waals surface area contributed by atoms with Gasteiger partial charge in [0.1, 0.15) is 42.8 Å². The molecule has 0 aliphatic carbocycles. The molecule has 0 atom stereocenters. The summed E-state index contributed by atoms with van der Waals surface area (Å²) in [5.74, 6) is 0.633. The molecule has 0 radical (unpaired) electrons. The molecule has 0 unspecified atom stereocenters. The molecular formula is C66H70N4O14. The number of H-pyrrole nitrogens is 2. The van der Waals surface area contributed by atoms with Crippen LogP contribution in [0.25, 0.3) is 90.9 Å². The van der Waals surface area contributed by atoms with E-state index in [1.54, 1.807) is 47.3 Å². The molecule has 0 saturated heterocycles. The molecule has 8 bridgehead atoms. The zero-order chi connectivity index (χ0) is 58.5. The molecule has 0 fully saturated rings. The third-order valence-electron chi connectivity index (χ3n) is 13.4. The normalized spacial score (nSPS) is 11.7. The van der Waals surface area contributed by atoms with Crippen molar-refractivity contribution in [1.29, 1.82) is 0 Å². The van der Waals surface area contributed by atoms with Crippen LogP contribution in [0.5, 0.6) is 23.0 Å². The smallest absolute Gasteiger partial charge is 0.359 e. The van der Waals surface area contributed by atoms with Gasteiger partial charge in [-0.1, -0.05) is 48.5 Å². The molecule has 0 spiro atoms. The fourth-order valence-electron chi connectivity index (χ4n) is 9.43. The van der Waals surface area contributed by atoms with Crippen LogP contribution < -0.4 is 18.9 Å². The molecule has 4 aromatic carbocycles. The predicted octanol–water partition coefficient (Wildman–Crippen LogP) is 11.3. The van der Waals surface area contributed by atoms with Gasteiger partial charge in [0, 0.05) is 65.7 Å². The Bertz CT molecular complexity index is 3340. The highest BCUT2D eigenvalue weighted by molar-refractivity contribution is 6.01. The van der Waals surface area contributed by atoms with Gasteiger partial charge in [0.2, 0.25) is 0 Å². The largest absolute Gasteiger partial charge is 0.491 e. The fourth-order valence-corrected chi connectivity index (χ4v) is 9.43. The third-order valence-corrected chi connectivity index (χ3v) is 13.4. The van der Waals surface area contributed by atoms with E-state index in [4.69, 9.17) is 66.8 Å². The number of nitrogens with zero attached hydrogens (tertiary/aromatic N) is 2. The van der Waals surface area contributed by atoms with Crippen molar-refractivity contribution in [1.82, 2.24) is 19.9 Å². The van der Waals surface area contributed by atoms with Crippen LogP contribution in [0.15, 0.2) is 121 Å². The Morgan fingerprint density at radius 1 is 0.369 bits per heavy atom. The average molecular weight is 1140 g/mol. The summed E-state index contributed by atoms with van der Waals surface area (Å²) in [4.78, 5) is 44.4. The highest BCUT2D eigenvalue weighted by atomic mass is 16.6. The fraction of sp³-hybridized carbons (Fsp3) is 0.303. The summed E-state index contributed by atoms with van der Waals surface area (Å²) in [5, 5.41) is 0. The van der Waals surface area contributed by atoms with Crippen molar-refractivity contribution in [2.24, 2.45) is 0 Å². The number of fused-ring (bicyclic) bond motifs is 8. The number of hydrogen-bond acceptors (Lipinski definition) is 16. The first-order valence-corrected chi connectivity index (χ1v) is 27.9. The molecule has 2 N–H and O–H groups in total. The van der Waals surface area contributed by atoms with E-state index in [1.807, 2.05) is 97.1 Å². The lowest BCUT2D eigenvalue weighted by atomic mass is 10.0. The van der Waals surface area contributed by atoms with Crippen LogP contribution in [-0.2, 0) is 47.5 Å². The van der Waals surface area contributed by atoms with E-state index in [0.29, 0.717) is 125 Å². The lowest BCUT2D eigenvalue weighted by Crippen LogP contribution is -2.38. The average Bonchev–Trinajstić information content (AvgIpc) is 4.46. The SMILES string of the molecule is CCOC(=O)C(Oc1ccc(-c2c3nc(c(-c4ccc(OCCOCCOC)cc4)c4ccc([nH]4)c(-c4ccc(OCCOCCOC)cc4)c4ccc([nH]4)c(-c4ccc(OCCOCCOC)cc4)c4nc2C=C4)C=C3)cc1)C(=O)OCC. The Kier molecular flexibility index (Phi) is 21.9. The first kappa shape index (κ1) is 60.0. The molecule has 2 aliphatic heterocycles. The van der Waals surface area contributed by atoms with Gasteiger partial charge in [-0.2, -0.15) is 0 Å². The van der Waals surface area contributed by atoms with Crippen LogP contribution >= 0.6 is 0 Å². The number of rotatable bonds is 31. The highest BCUT2D eigenvalue weighted by Gasteiger charge is 2.32. The Hall–Kier alpha value is -8.62. The van der Waals surface area contributed by atoms with Crippen molar-refractivity contribution in [3.05, 3.63) is 144 Å². The monoisotopic (exact) mass is 1140 g/mol. The summed E-state index contributed by atoms with van der Waals surface area (Å²) in [6.45, 7) is 8.79. The number of methoxy groups -OCH3 is 3. The molecule has 0 amide bonds. The van der Waals surface area contributed by atoms with Crippen LogP contribution in [0.3, 0.4) is 0 Å². The van der Waals surface area contributed by atoms with Crippen LogP contribution in [0, 0.1) is 0 Å². The molecule has 84 heavy (non-hydrogen) atoms. The summed E-state index contributed by atoms with van der Waals surface area (Å²) in [7, 11) is 4.93. The van der Waals surface area contributed by atoms with Crippen LogP contribution in [0.4, 0.5) is 0 Å². The lowest BCUT2D eigenvalue weighted by Gasteiger charge is -2.16. The molecule has 7 aromatic rings. The maximum absolute atomic E-state index is 13.0. The van der Waals surface area contributed by atoms with Gasteiger partial charge < -0.3 is 66.8 Å². The molecule has 18 heteroatoms. The highest BCUT2D eigenvalue weighted by Crippen LogP contribution is 2.40. The molecule has 2 aliphatic rings. The van der Waals surface area contributed by atoms with Crippen molar-refractivity contribution in [3.63, 3.8) is 0 Å². The number of carbonyl (C=O) groups is 2. The zero-order valence-corrected chi connectivity index (χ0v) is 47.9. The molecule has 18 nitrogen and oxygen atoms in total. The molecule has 9 rings (SSSR count). The van der Waals surface area contributed by atoms with Gasteiger partial charge in [0.05, 0.1) is 95.5 Å². The minimum atomic E-state index is -1.62. The van der Waals surface area contributed by atoms with Gasteiger partial charge in [-0.25, -0.2) is 19.6 Å². The summed E-state index contributed by atoms with van der Waals surface area (Å²) < 4.78 is 66.9. The van der Waals surface area contributed by atoms with E-state index in [2.05, 4.69) is 46.4 Å². The number of aromatic nitrogens is 4. The van der Waals surface area contributed by atoms with E-state index in [9.17, 15) is 9.59 Å².